The molecule has 1 fully saturated rings. The first-order chi connectivity index (χ1) is 14.5. The number of rotatable bonds is 10. The SMILES string of the molecule is CCNC(=O)CN=C(NCCCN1CCC(C)CC1)Nc1ccc(OC(C)C)cc1.I. The topological polar surface area (TPSA) is 78.0 Å². The smallest absolute Gasteiger partial charge is 0.241 e. The third-order valence-electron chi connectivity index (χ3n) is 5.06. The normalized spacial score (nSPS) is 15.3. The maximum Gasteiger partial charge on any atom is 0.241 e. The number of hydrogen-bond acceptors (Lipinski definition) is 4. The van der Waals surface area contributed by atoms with E-state index in [1.54, 1.807) is 0 Å². The molecule has 0 spiro atoms. The molecule has 0 radical (unpaired) electrons. The van der Waals surface area contributed by atoms with Gasteiger partial charge in [-0.25, -0.2) is 4.99 Å². The van der Waals surface area contributed by atoms with Crippen molar-refractivity contribution in [1.29, 1.82) is 0 Å². The molecule has 0 aromatic heterocycles. The van der Waals surface area contributed by atoms with E-state index in [2.05, 4.69) is 32.8 Å². The molecule has 176 valence electrons. The highest BCUT2D eigenvalue weighted by atomic mass is 127. The average Bonchev–Trinajstić information content (AvgIpc) is 2.71. The molecule has 0 aliphatic carbocycles. The Morgan fingerprint density at radius 1 is 1.19 bits per heavy atom. The van der Waals surface area contributed by atoms with Gasteiger partial charge in [0.25, 0.3) is 0 Å². The van der Waals surface area contributed by atoms with E-state index < -0.39 is 0 Å². The van der Waals surface area contributed by atoms with Gasteiger partial charge in [0.15, 0.2) is 5.96 Å². The summed E-state index contributed by atoms with van der Waals surface area (Å²) in [5.74, 6) is 2.22. The first kappa shape index (κ1) is 27.5. The van der Waals surface area contributed by atoms with Crippen molar-refractivity contribution < 1.29 is 9.53 Å². The summed E-state index contributed by atoms with van der Waals surface area (Å²) in [7, 11) is 0. The molecule has 3 N–H and O–H groups in total. The van der Waals surface area contributed by atoms with Crippen LogP contribution >= 0.6 is 24.0 Å². The second-order valence-electron chi connectivity index (χ2n) is 8.24. The second kappa shape index (κ2) is 15.3. The van der Waals surface area contributed by atoms with Crippen LogP contribution in [0.1, 0.15) is 47.0 Å². The van der Waals surface area contributed by atoms with Gasteiger partial charge in [-0.1, -0.05) is 6.92 Å². The molecule has 7 nitrogen and oxygen atoms in total. The predicted molar refractivity (Wildman–Crippen MR) is 140 cm³/mol. The number of piperidine rings is 1. The van der Waals surface area contributed by atoms with Gasteiger partial charge in [-0.2, -0.15) is 0 Å². The van der Waals surface area contributed by atoms with E-state index in [-0.39, 0.29) is 42.5 Å². The summed E-state index contributed by atoms with van der Waals surface area (Å²) in [6, 6.07) is 7.77. The minimum atomic E-state index is -0.0817. The Bertz CT molecular complexity index is 658. The average molecular weight is 546 g/mol. The number of ether oxygens (including phenoxy) is 1. The fourth-order valence-corrected chi connectivity index (χ4v) is 3.36. The highest BCUT2D eigenvalue weighted by Gasteiger charge is 2.14. The monoisotopic (exact) mass is 545 g/mol. The number of anilines is 1. The zero-order valence-electron chi connectivity index (χ0n) is 19.4. The maximum atomic E-state index is 11.8. The third kappa shape index (κ3) is 11.6. The van der Waals surface area contributed by atoms with Gasteiger partial charge in [-0.15, -0.1) is 24.0 Å². The van der Waals surface area contributed by atoms with E-state index in [9.17, 15) is 4.79 Å². The van der Waals surface area contributed by atoms with Gasteiger partial charge in [-0.05, 0) is 89.9 Å². The van der Waals surface area contributed by atoms with Gasteiger partial charge in [0.2, 0.25) is 5.91 Å². The van der Waals surface area contributed by atoms with Crippen LogP contribution in [0.2, 0.25) is 0 Å². The third-order valence-corrected chi connectivity index (χ3v) is 5.06. The van der Waals surface area contributed by atoms with Crippen LogP contribution in [-0.2, 0) is 4.79 Å². The van der Waals surface area contributed by atoms with Crippen LogP contribution in [0.25, 0.3) is 0 Å². The number of halogens is 1. The number of benzene rings is 1. The fraction of sp³-hybridized carbons (Fsp3) is 0.652. The number of likely N-dealkylation sites (tertiary alicyclic amines) is 1. The number of nitrogens with zero attached hydrogens (tertiary/aromatic N) is 2. The number of hydrogen-bond donors (Lipinski definition) is 3. The lowest BCUT2D eigenvalue weighted by molar-refractivity contribution is -0.119. The van der Waals surface area contributed by atoms with E-state index >= 15 is 0 Å². The lowest BCUT2D eigenvalue weighted by Crippen LogP contribution is -2.37. The summed E-state index contributed by atoms with van der Waals surface area (Å²) in [4.78, 5) is 18.8. The summed E-state index contributed by atoms with van der Waals surface area (Å²) in [6.45, 7) is 13.2. The standard InChI is InChI=1S/C23H39N5O2.HI/c1-5-24-22(29)17-26-23(25-13-6-14-28-15-11-19(4)12-16-28)27-20-7-9-21(10-8-20)30-18(2)3;/h7-10,18-19H,5-6,11-17H2,1-4H3,(H,24,29)(H2,25,26,27);1H. The highest BCUT2D eigenvalue weighted by Crippen LogP contribution is 2.17. The molecule has 1 aliphatic rings. The van der Waals surface area contributed by atoms with Crippen LogP contribution in [0.3, 0.4) is 0 Å². The number of nitrogens with one attached hydrogen (secondary N) is 3. The Balaban J connectivity index is 0.00000480. The molecule has 2 rings (SSSR count). The summed E-state index contributed by atoms with van der Waals surface area (Å²) in [5.41, 5.74) is 0.901. The lowest BCUT2D eigenvalue weighted by atomic mass is 9.99. The van der Waals surface area contributed by atoms with Crippen molar-refractivity contribution >= 4 is 41.5 Å². The maximum absolute atomic E-state index is 11.8. The molecule has 0 unspecified atom stereocenters. The van der Waals surface area contributed by atoms with Crippen molar-refractivity contribution in [3.8, 4) is 5.75 Å². The van der Waals surface area contributed by atoms with Crippen molar-refractivity contribution in [2.45, 2.75) is 53.1 Å². The number of likely N-dealkylation sites (N-methyl/N-ethyl adjacent to an activating group) is 1. The predicted octanol–water partition coefficient (Wildman–Crippen LogP) is 3.71. The molecule has 31 heavy (non-hydrogen) atoms. The molecule has 1 heterocycles. The molecular formula is C23H40IN5O2. The van der Waals surface area contributed by atoms with Crippen LogP contribution in [-0.4, -0.2) is 62.1 Å². The molecule has 1 saturated heterocycles. The number of guanidine groups is 1. The number of carbonyl (C=O) groups excluding carboxylic acids is 1. The Labute approximate surface area is 204 Å². The number of carbonyl (C=O) groups is 1. The Kier molecular flexibility index (Phi) is 13.6. The van der Waals surface area contributed by atoms with Gasteiger partial charge in [0, 0.05) is 18.8 Å². The Hall–Kier alpha value is -1.55. The second-order valence-corrected chi connectivity index (χ2v) is 8.24. The fourth-order valence-electron chi connectivity index (χ4n) is 3.36. The zero-order chi connectivity index (χ0) is 21.8. The van der Waals surface area contributed by atoms with Crippen LogP contribution in [0, 0.1) is 5.92 Å². The van der Waals surface area contributed by atoms with Crippen LogP contribution < -0.4 is 20.7 Å². The van der Waals surface area contributed by atoms with Crippen molar-refractivity contribution in [2.75, 3.05) is 44.6 Å². The van der Waals surface area contributed by atoms with Crippen molar-refractivity contribution in [3.05, 3.63) is 24.3 Å². The largest absolute Gasteiger partial charge is 0.491 e. The Morgan fingerprint density at radius 2 is 1.87 bits per heavy atom. The van der Waals surface area contributed by atoms with Crippen LogP contribution in [0.15, 0.2) is 29.3 Å². The van der Waals surface area contributed by atoms with Crippen molar-refractivity contribution in [1.82, 2.24) is 15.5 Å². The molecule has 0 saturated carbocycles. The summed E-state index contributed by atoms with van der Waals surface area (Å²) < 4.78 is 5.69. The van der Waals surface area contributed by atoms with E-state index in [1.807, 2.05) is 45.0 Å². The molecule has 0 atom stereocenters. The molecule has 1 aromatic rings. The van der Waals surface area contributed by atoms with E-state index in [4.69, 9.17) is 4.74 Å². The van der Waals surface area contributed by atoms with Crippen LogP contribution in [0.4, 0.5) is 5.69 Å². The molecule has 1 aromatic carbocycles. The first-order valence-corrected chi connectivity index (χ1v) is 11.3. The molecule has 1 amide bonds. The van der Waals surface area contributed by atoms with Crippen molar-refractivity contribution in [3.63, 3.8) is 0 Å². The van der Waals surface area contributed by atoms with E-state index in [1.165, 1.54) is 25.9 Å². The van der Waals surface area contributed by atoms with Gasteiger partial charge < -0.3 is 25.6 Å². The van der Waals surface area contributed by atoms with Crippen molar-refractivity contribution in [2.24, 2.45) is 10.9 Å². The molecule has 8 heteroatoms. The van der Waals surface area contributed by atoms with Gasteiger partial charge in [0.1, 0.15) is 12.3 Å². The number of aliphatic imine (C=N–C) groups is 1. The quantitative estimate of drug-likeness (QED) is 0.181. The molecule has 0 bridgehead atoms. The summed E-state index contributed by atoms with van der Waals surface area (Å²) in [6.07, 6.45) is 3.77. The Morgan fingerprint density at radius 3 is 2.48 bits per heavy atom. The van der Waals surface area contributed by atoms with E-state index in [0.29, 0.717) is 12.5 Å². The summed E-state index contributed by atoms with van der Waals surface area (Å²) in [5, 5.41) is 9.43. The van der Waals surface area contributed by atoms with Gasteiger partial charge in [0.05, 0.1) is 6.10 Å². The summed E-state index contributed by atoms with van der Waals surface area (Å²) >= 11 is 0. The minimum absolute atomic E-state index is 0. The van der Waals surface area contributed by atoms with Gasteiger partial charge >= 0.3 is 0 Å². The van der Waals surface area contributed by atoms with Gasteiger partial charge in [-0.3, -0.25) is 4.79 Å². The number of amides is 1. The highest BCUT2D eigenvalue weighted by molar-refractivity contribution is 14.0. The van der Waals surface area contributed by atoms with E-state index in [0.717, 1.165) is 36.9 Å². The molecule has 1 aliphatic heterocycles. The zero-order valence-corrected chi connectivity index (χ0v) is 21.8. The van der Waals surface area contributed by atoms with Crippen LogP contribution in [0.5, 0.6) is 5.75 Å². The molecular weight excluding hydrogens is 505 g/mol. The lowest BCUT2D eigenvalue weighted by Gasteiger charge is -2.30. The minimum Gasteiger partial charge on any atom is -0.491 e. The first-order valence-electron chi connectivity index (χ1n) is 11.3.